The number of Topliss-reactive ketones (excluding diaryl/α,β-unsaturated/α-hetero) is 1. The number of hydrogen-bond acceptors (Lipinski definition) is 6. The van der Waals surface area contributed by atoms with Crippen molar-refractivity contribution in [2.24, 2.45) is 5.73 Å². The molecule has 0 fully saturated rings. The van der Waals surface area contributed by atoms with Gasteiger partial charge >= 0.3 is 6.18 Å². The zero-order valence-corrected chi connectivity index (χ0v) is 22.0. The number of para-hydroxylation sites is 1. The molecule has 4 aromatic rings. The van der Waals surface area contributed by atoms with Crippen LogP contribution in [-0.4, -0.2) is 44.3 Å². The fourth-order valence-corrected chi connectivity index (χ4v) is 4.73. The number of carbonyl (C=O) groups excluding carboxylic acids is 2. The van der Waals surface area contributed by atoms with Gasteiger partial charge in [0.15, 0.2) is 11.5 Å². The number of ether oxygens (including phenoxy) is 1. The lowest BCUT2D eigenvalue weighted by molar-refractivity contribution is -0.270. The molecule has 0 bridgehead atoms. The molecule has 1 amide bonds. The van der Waals surface area contributed by atoms with Gasteiger partial charge in [-0.05, 0) is 55.8 Å². The van der Waals surface area contributed by atoms with Gasteiger partial charge in [0.2, 0.25) is 5.60 Å². The van der Waals surface area contributed by atoms with Crippen LogP contribution in [0.4, 0.5) is 22.0 Å². The number of pyridine rings is 1. The highest BCUT2D eigenvalue weighted by Crippen LogP contribution is 2.49. The molecule has 2 atom stereocenters. The third-order valence-corrected chi connectivity index (χ3v) is 7.15. The molecule has 2 aromatic carbocycles. The predicted octanol–water partition coefficient (Wildman–Crippen LogP) is 4.84. The normalized spacial score (nSPS) is 17.8. The average molecular weight is 587 g/mol. The Labute approximate surface area is 235 Å². The smallest absolute Gasteiger partial charge is 0.422 e. The first-order valence-corrected chi connectivity index (χ1v) is 12.6. The van der Waals surface area contributed by atoms with E-state index in [0.29, 0.717) is 11.8 Å². The second-order valence-electron chi connectivity index (χ2n) is 9.88. The van der Waals surface area contributed by atoms with E-state index < -0.39 is 65.7 Å². The molecule has 1 aliphatic rings. The van der Waals surface area contributed by atoms with Gasteiger partial charge < -0.3 is 15.6 Å². The number of carbonyl (C=O) groups is 2. The van der Waals surface area contributed by atoms with E-state index in [-0.39, 0.29) is 28.3 Å². The van der Waals surface area contributed by atoms with Crippen molar-refractivity contribution in [3.8, 4) is 22.7 Å². The number of hydrogen-bond donors (Lipinski definition) is 2. The molecule has 13 heteroatoms. The van der Waals surface area contributed by atoms with Crippen molar-refractivity contribution in [3.63, 3.8) is 0 Å². The highest BCUT2D eigenvalue weighted by molar-refractivity contribution is 5.97. The van der Waals surface area contributed by atoms with E-state index in [4.69, 9.17) is 10.5 Å². The van der Waals surface area contributed by atoms with Crippen LogP contribution in [0.25, 0.3) is 16.9 Å². The lowest BCUT2D eigenvalue weighted by Gasteiger charge is -2.31. The highest BCUT2D eigenvalue weighted by atomic mass is 19.4. The van der Waals surface area contributed by atoms with Crippen LogP contribution in [0, 0.1) is 12.7 Å². The van der Waals surface area contributed by atoms with Crippen LogP contribution >= 0.6 is 0 Å². The second kappa shape index (κ2) is 10.3. The van der Waals surface area contributed by atoms with Gasteiger partial charge in [-0.15, -0.1) is 0 Å². The summed E-state index contributed by atoms with van der Waals surface area (Å²) in [6.45, 7) is 0.578. The molecule has 5 rings (SSSR count). The molecule has 218 valence electrons. The molecule has 0 unspecified atom stereocenters. The standard InChI is InChI=1S/C29H23F5N4O4/c1-16-20(14-38(37-16)19-5-3-2-4-6-19)22(39)11-12-28(41,29(32,33)34)23-13-21-25(42-15-27(21,31)26(35)40)24(36-23)17-7-9-18(30)10-8-17/h2-10,13-14,41H,11-12,15H2,1H3,(H2,35,40)/t27-,28+/m1/s1. The van der Waals surface area contributed by atoms with E-state index in [9.17, 15) is 32.3 Å². The zero-order chi connectivity index (χ0) is 30.4. The van der Waals surface area contributed by atoms with Crippen molar-refractivity contribution in [1.29, 1.82) is 0 Å². The van der Waals surface area contributed by atoms with Crippen molar-refractivity contribution < 1.29 is 41.4 Å². The van der Waals surface area contributed by atoms with Gasteiger partial charge in [0, 0.05) is 23.7 Å². The van der Waals surface area contributed by atoms with Gasteiger partial charge in [0.1, 0.15) is 18.1 Å². The fourth-order valence-electron chi connectivity index (χ4n) is 4.73. The second-order valence-corrected chi connectivity index (χ2v) is 9.88. The van der Waals surface area contributed by atoms with Gasteiger partial charge in [-0.2, -0.15) is 18.3 Å². The highest BCUT2D eigenvalue weighted by Gasteiger charge is 2.58. The summed E-state index contributed by atoms with van der Waals surface area (Å²) in [4.78, 5) is 29.0. The maximum atomic E-state index is 15.7. The van der Waals surface area contributed by atoms with Gasteiger partial charge in [-0.3, -0.25) is 9.59 Å². The van der Waals surface area contributed by atoms with Crippen LogP contribution in [0.5, 0.6) is 5.75 Å². The molecule has 3 N–H and O–H groups in total. The maximum Gasteiger partial charge on any atom is 0.422 e. The van der Waals surface area contributed by atoms with E-state index in [0.717, 1.165) is 24.3 Å². The monoisotopic (exact) mass is 586 g/mol. The predicted molar refractivity (Wildman–Crippen MR) is 139 cm³/mol. The number of aryl methyl sites for hydroxylation is 1. The van der Waals surface area contributed by atoms with E-state index in [1.54, 1.807) is 30.3 Å². The number of aromatic nitrogens is 3. The summed E-state index contributed by atoms with van der Waals surface area (Å²) < 4.78 is 79.6. The minimum Gasteiger partial charge on any atom is -0.487 e. The number of halogens is 5. The van der Waals surface area contributed by atoms with Crippen LogP contribution in [0.15, 0.2) is 66.9 Å². The van der Waals surface area contributed by atoms with Gasteiger partial charge in [0.05, 0.1) is 22.6 Å². The lowest BCUT2D eigenvalue weighted by atomic mass is 9.86. The number of amides is 1. The van der Waals surface area contributed by atoms with Crippen molar-refractivity contribution in [2.75, 3.05) is 6.61 Å². The first kappa shape index (κ1) is 28.9. The lowest BCUT2D eigenvalue weighted by Crippen LogP contribution is -2.44. The molecule has 0 aliphatic carbocycles. The molecular formula is C29H23F5N4O4. The van der Waals surface area contributed by atoms with E-state index in [1.807, 2.05) is 0 Å². The SMILES string of the molecule is Cc1nn(-c2ccccc2)cc1C(=O)CC[C@](O)(c1cc2c(c(-c3ccc(F)cc3)n1)OC[C@]2(F)C(N)=O)C(F)(F)F. The average Bonchev–Trinajstić information content (AvgIpc) is 3.52. The molecule has 0 spiro atoms. The summed E-state index contributed by atoms with van der Waals surface area (Å²) in [5.74, 6) is -3.31. The summed E-state index contributed by atoms with van der Waals surface area (Å²) in [6.07, 6.45) is -6.02. The number of nitrogens with zero attached hydrogens (tertiary/aromatic N) is 3. The van der Waals surface area contributed by atoms with Crippen LogP contribution < -0.4 is 10.5 Å². The largest absolute Gasteiger partial charge is 0.487 e. The zero-order valence-electron chi connectivity index (χ0n) is 22.0. The van der Waals surface area contributed by atoms with Crippen molar-refractivity contribution >= 4 is 11.7 Å². The van der Waals surface area contributed by atoms with Crippen molar-refractivity contribution in [2.45, 2.75) is 37.2 Å². The van der Waals surface area contributed by atoms with Crippen LogP contribution in [0.3, 0.4) is 0 Å². The summed E-state index contributed by atoms with van der Waals surface area (Å²) in [5.41, 5.74) is -2.78. The third kappa shape index (κ3) is 4.89. The van der Waals surface area contributed by atoms with Gasteiger partial charge in [-0.25, -0.2) is 18.4 Å². The molecule has 0 saturated heterocycles. The number of aliphatic hydroxyl groups is 1. The maximum absolute atomic E-state index is 15.7. The number of alkyl halides is 4. The summed E-state index contributed by atoms with van der Waals surface area (Å²) >= 11 is 0. The Morgan fingerprint density at radius 2 is 1.79 bits per heavy atom. The number of primary amides is 1. The van der Waals surface area contributed by atoms with Crippen LogP contribution in [-0.2, 0) is 16.1 Å². The minimum absolute atomic E-state index is 0.0211. The Balaban J connectivity index is 1.56. The Kier molecular flexibility index (Phi) is 7.09. The number of ketones is 1. The number of benzene rings is 2. The fraction of sp³-hybridized carbons (Fsp3) is 0.241. The number of fused-ring (bicyclic) bond motifs is 1. The van der Waals surface area contributed by atoms with Crippen LogP contribution in [0.1, 0.15) is 40.2 Å². The molecule has 42 heavy (non-hydrogen) atoms. The van der Waals surface area contributed by atoms with E-state index >= 15 is 4.39 Å². The Hall–Kier alpha value is -4.65. The molecule has 0 saturated carbocycles. The van der Waals surface area contributed by atoms with Crippen molar-refractivity contribution in [1.82, 2.24) is 14.8 Å². The third-order valence-electron chi connectivity index (χ3n) is 7.15. The Morgan fingerprint density at radius 1 is 1.12 bits per heavy atom. The molecular weight excluding hydrogens is 563 g/mol. The molecule has 3 heterocycles. The number of rotatable bonds is 8. The topological polar surface area (TPSA) is 120 Å². The molecule has 2 aromatic heterocycles. The molecule has 1 aliphatic heterocycles. The van der Waals surface area contributed by atoms with Crippen molar-refractivity contribution in [3.05, 3.63) is 95.2 Å². The minimum atomic E-state index is -5.40. The van der Waals surface area contributed by atoms with E-state index in [1.165, 1.54) is 17.8 Å². The molecule has 0 radical (unpaired) electrons. The first-order valence-electron chi connectivity index (χ1n) is 12.6. The molecule has 8 nitrogen and oxygen atoms in total. The summed E-state index contributed by atoms with van der Waals surface area (Å²) in [6, 6.07) is 13.6. The summed E-state index contributed by atoms with van der Waals surface area (Å²) in [7, 11) is 0. The Morgan fingerprint density at radius 3 is 2.40 bits per heavy atom. The Bertz CT molecular complexity index is 1670. The van der Waals surface area contributed by atoms with Crippen LogP contribution in [0.2, 0.25) is 0 Å². The summed E-state index contributed by atoms with van der Waals surface area (Å²) in [5, 5.41) is 15.4. The number of nitrogens with two attached hydrogens (primary N) is 1. The first-order chi connectivity index (χ1) is 19.7. The van der Waals surface area contributed by atoms with Gasteiger partial charge in [0.25, 0.3) is 11.6 Å². The van der Waals surface area contributed by atoms with Gasteiger partial charge in [-0.1, -0.05) is 18.2 Å². The quantitative estimate of drug-likeness (QED) is 0.225. The van der Waals surface area contributed by atoms with E-state index in [2.05, 4.69) is 10.1 Å².